The number of hydrogen-bond acceptors (Lipinski definition) is 5. The van der Waals surface area contributed by atoms with Gasteiger partial charge < -0.3 is 15.3 Å². The summed E-state index contributed by atoms with van der Waals surface area (Å²) in [6, 6.07) is -0.0720. The molecule has 2 amide bonds. The van der Waals surface area contributed by atoms with Crippen LogP contribution in [0.4, 0.5) is 0 Å². The largest absolute Gasteiger partial charge is 0.481 e. The molecule has 8 nitrogen and oxygen atoms in total. The molecule has 1 aliphatic heterocycles. The quantitative estimate of drug-likeness (QED) is 0.755. The first-order valence-corrected chi connectivity index (χ1v) is 10.6. The summed E-state index contributed by atoms with van der Waals surface area (Å²) in [6.07, 6.45) is 8.54. The fourth-order valence-corrected chi connectivity index (χ4v) is 4.75. The zero-order valence-corrected chi connectivity index (χ0v) is 16.1. The SMILES string of the molecule is O=C(O)CC1CSCCN1C(=O)c1cnn(CC(=O)NC2CCCCC2)c1. The van der Waals surface area contributed by atoms with Crippen LogP contribution < -0.4 is 5.32 Å². The predicted octanol–water partition coefficient (Wildman–Crippen LogP) is 1.36. The standard InChI is InChI=1S/C18H26N4O4S/c23-16(20-14-4-2-1-3-5-14)11-21-10-13(9-19-21)18(26)22-6-7-27-12-15(22)8-17(24)25/h9-10,14-15H,1-8,11-12H2,(H,20,23)(H,24,25). The van der Waals surface area contributed by atoms with E-state index >= 15 is 0 Å². The first-order valence-electron chi connectivity index (χ1n) is 9.45. The number of rotatable bonds is 6. The molecule has 148 valence electrons. The van der Waals surface area contributed by atoms with Crippen LogP contribution in [-0.4, -0.2) is 67.7 Å². The van der Waals surface area contributed by atoms with Crippen molar-refractivity contribution in [3.8, 4) is 0 Å². The Morgan fingerprint density at radius 3 is 2.78 bits per heavy atom. The number of carboxylic acid groups (broad SMARTS) is 1. The maximum atomic E-state index is 12.8. The molecule has 1 aromatic rings. The van der Waals surface area contributed by atoms with Gasteiger partial charge in [-0.25, -0.2) is 0 Å². The summed E-state index contributed by atoms with van der Waals surface area (Å²) < 4.78 is 1.47. The van der Waals surface area contributed by atoms with Gasteiger partial charge in [-0.3, -0.25) is 19.1 Å². The number of nitrogens with zero attached hydrogens (tertiary/aromatic N) is 3. The van der Waals surface area contributed by atoms with Gasteiger partial charge in [0.1, 0.15) is 6.54 Å². The molecule has 1 atom stereocenters. The Balaban J connectivity index is 1.57. The van der Waals surface area contributed by atoms with Crippen molar-refractivity contribution in [3.05, 3.63) is 18.0 Å². The highest BCUT2D eigenvalue weighted by Crippen LogP contribution is 2.21. The Kier molecular flexibility index (Phi) is 6.76. The summed E-state index contributed by atoms with van der Waals surface area (Å²) in [5.41, 5.74) is 0.391. The molecule has 0 spiro atoms. The van der Waals surface area contributed by atoms with Gasteiger partial charge in [-0.1, -0.05) is 19.3 Å². The Morgan fingerprint density at radius 1 is 1.26 bits per heavy atom. The van der Waals surface area contributed by atoms with Crippen molar-refractivity contribution in [2.75, 3.05) is 18.1 Å². The smallest absolute Gasteiger partial charge is 0.305 e. The molecule has 1 aromatic heterocycles. The van der Waals surface area contributed by atoms with E-state index in [0.29, 0.717) is 17.9 Å². The molecule has 1 aliphatic carbocycles. The van der Waals surface area contributed by atoms with E-state index < -0.39 is 5.97 Å². The van der Waals surface area contributed by atoms with Gasteiger partial charge in [-0.05, 0) is 12.8 Å². The number of carbonyl (C=O) groups is 3. The molecule has 0 aromatic carbocycles. The van der Waals surface area contributed by atoms with Gasteiger partial charge >= 0.3 is 5.97 Å². The predicted molar refractivity (Wildman–Crippen MR) is 102 cm³/mol. The van der Waals surface area contributed by atoms with Gasteiger partial charge in [0.25, 0.3) is 5.91 Å². The fraction of sp³-hybridized carbons (Fsp3) is 0.667. The monoisotopic (exact) mass is 394 g/mol. The third-order valence-electron chi connectivity index (χ3n) is 5.05. The molecule has 1 saturated heterocycles. The minimum atomic E-state index is -0.907. The summed E-state index contributed by atoms with van der Waals surface area (Å²) in [7, 11) is 0. The van der Waals surface area contributed by atoms with Crippen LogP contribution in [0.5, 0.6) is 0 Å². The number of amides is 2. The molecular weight excluding hydrogens is 368 g/mol. The summed E-state index contributed by atoms with van der Waals surface area (Å²) in [5, 5.41) is 16.2. The van der Waals surface area contributed by atoms with E-state index in [-0.39, 0.29) is 36.9 Å². The van der Waals surface area contributed by atoms with Crippen molar-refractivity contribution < 1.29 is 19.5 Å². The lowest BCUT2D eigenvalue weighted by Crippen LogP contribution is -2.47. The second-order valence-electron chi connectivity index (χ2n) is 7.15. The summed E-state index contributed by atoms with van der Waals surface area (Å²) in [6.45, 7) is 0.604. The lowest BCUT2D eigenvalue weighted by atomic mass is 9.95. The van der Waals surface area contributed by atoms with Crippen molar-refractivity contribution in [1.29, 1.82) is 0 Å². The lowest BCUT2D eigenvalue weighted by molar-refractivity contribution is -0.138. The van der Waals surface area contributed by atoms with Crippen LogP contribution in [0.2, 0.25) is 0 Å². The van der Waals surface area contributed by atoms with Crippen molar-refractivity contribution in [2.45, 2.75) is 57.2 Å². The van der Waals surface area contributed by atoms with Crippen molar-refractivity contribution in [3.63, 3.8) is 0 Å². The minimum Gasteiger partial charge on any atom is -0.481 e. The summed E-state index contributed by atoms with van der Waals surface area (Å²) >= 11 is 1.66. The van der Waals surface area contributed by atoms with Crippen LogP contribution in [0.15, 0.2) is 12.4 Å². The van der Waals surface area contributed by atoms with Crippen LogP contribution in [0.3, 0.4) is 0 Å². The number of carbonyl (C=O) groups excluding carboxylic acids is 2. The average molecular weight is 394 g/mol. The van der Waals surface area contributed by atoms with Crippen LogP contribution in [0.1, 0.15) is 48.9 Å². The van der Waals surface area contributed by atoms with Crippen LogP contribution >= 0.6 is 11.8 Å². The minimum absolute atomic E-state index is 0.0589. The molecule has 27 heavy (non-hydrogen) atoms. The Bertz CT molecular complexity index is 687. The van der Waals surface area contributed by atoms with E-state index in [1.54, 1.807) is 22.9 Å². The first kappa shape index (κ1) is 19.7. The number of thioether (sulfide) groups is 1. The summed E-state index contributed by atoms with van der Waals surface area (Å²) in [4.78, 5) is 37.6. The third-order valence-corrected chi connectivity index (χ3v) is 6.15. The van der Waals surface area contributed by atoms with E-state index in [1.165, 1.54) is 17.3 Å². The lowest BCUT2D eigenvalue weighted by Gasteiger charge is -2.34. The van der Waals surface area contributed by atoms with Gasteiger partial charge in [-0.15, -0.1) is 0 Å². The van der Waals surface area contributed by atoms with Gasteiger partial charge in [-0.2, -0.15) is 16.9 Å². The molecule has 1 unspecified atom stereocenters. The molecule has 9 heteroatoms. The molecule has 0 radical (unpaired) electrons. The molecule has 2 heterocycles. The molecule has 2 aliphatic rings. The molecule has 1 saturated carbocycles. The highest BCUT2D eigenvalue weighted by Gasteiger charge is 2.30. The fourth-order valence-electron chi connectivity index (χ4n) is 3.69. The van der Waals surface area contributed by atoms with Gasteiger partial charge in [0, 0.05) is 30.3 Å². The van der Waals surface area contributed by atoms with Crippen LogP contribution in [0.25, 0.3) is 0 Å². The normalized spacial score (nSPS) is 21.0. The molecule has 2 fully saturated rings. The molecule has 2 N–H and O–H groups in total. The zero-order chi connectivity index (χ0) is 19.2. The average Bonchev–Trinajstić information content (AvgIpc) is 3.10. The number of aliphatic carboxylic acids is 1. The van der Waals surface area contributed by atoms with Gasteiger partial charge in [0.15, 0.2) is 0 Å². The van der Waals surface area contributed by atoms with E-state index in [2.05, 4.69) is 10.4 Å². The van der Waals surface area contributed by atoms with Gasteiger partial charge in [0.05, 0.1) is 24.2 Å². The first-order chi connectivity index (χ1) is 13.0. The third kappa shape index (κ3) is 5.47. The van der Waals surface area contributed by atoms with Crippen LogP contribution in [-0.2, 0) is 16.1 Å². The Hall–Kier alpha value is -2.03. The second kappa shape index (κ2) is 9.25. The molecular formula is C18H26N4O4S. The Labute approximate surface area is 162 Å². The molecule has 3 rings (SSSR count). The van der Waals surface area contributed by atoms with Crippen molar-refractivity contribution >= 4 is 29.5 Å². The number of aromatic nitrogens is 2. The van der Waals surface area contributed by atoms with Gasteiger partial charge in [0.2, 0.25) is 5.91 Å². The number of hydrogen-bond donors (Lipinski definition) is 2. The highest BCUT2D eigenvalue weighted by atomic mass is 32.2. The summed E-state index contributed by atoms with van der Waals surface area (Å²) in [5.74, 6) is 0.188. The maximum Gasteiger partial charge on any atom is 0.305 e. The Morgan fingerprint density at radius 2 is 2.04 bits per heavy atom. The highest BCUT2D eigenvalue weighted by molar-refractivity contribution is 7.99. The van der Waals surface area contributed by atoms with Crippen molar-refractivity contribution in [1.82, 2.24) is 20.0 Å². The van der Waals surface area contributed by atoms with E-state index in [0.717, 1.165) is 31.4 Å². The second-order valence-corrected chi connectivity index (χ2v) is 8.30. The zero-order valence-electron chi connectivity index (χ0n) is 15.3. The topological polar surface area (TPSA) is 105 Å². The number of nitrogens with one attached hydrogen (secondary N) is 1. The molecule has 0 bridgehead atoms. The van der Waals surface area contributed by atoms with E-state index in [1.807, 2.05) is 0 Å². The van der Waals surface area contributed by atoms with E-state index in [9.17, 15) is 14.4 Å². The van der Waals surface area contributed by atoms with E-state index in [4.69, 9.17) is 5.11 Å². The van der Waals surface area contributed by atoms with Crippen LogP contribution in [0, 0.1) is 0 Å². The van der Waals surface area contributed by atoms with Crippen molar-refractivity contribution in [2.24, 2.45) is 0 Å². The maximum absolute atomic E-state index is 12.8. The number of carboxylic acids is 1.